The third-order valence-corrected chi connectivity index (χ3v) is 7.40. The number of halogens is 1. The number of nitrogens with zero attached hydrogens (tertiary/aromatic N) is 1. The minimum absolute atomic E-state index is 0. The van der Waals surface area contributed by atoms with E-state index >= 15 is 0 Å². The van der Waals surface area contributed by atoms with Crippen molar-refractivity contribution < 1.29 is 18.7 Å². The van der Waals surface area contributed by atoms with Gasteiger partial charge in [0.1, 0.15) is 10.7 Å². The molecule has 7 N–H and O–H groups in total. The molecule has 200 valence electrons. The summed E-state index contributed by atoms with van der Waals surface area (Å²) in [7, 11) is -3.93. The molecule has 0 aliphatic carbocycles. The van der Waals surface area contributed by atoms with E-state index in [9.17, 15) is 13.2 Å². The first-order chi connectivity index (χ1) is 17.8. The first-order valence-corrected chi connectivity index (χ1v) is 12.9. The Morgan fingerprint density at radius 1 is 0.897 bits per heavy atom. The highest BCUT2D eigenvalue weighted by molar-refractivity contribution is 7.93. The van der Waals surface area contributed by atoms with Crippen molar-refractivity contribution in [1.82, 2.24) is 10.3 Å². The van der Waals surface area contributed by atoms with Gasteiger partial charge in [0, 0.05) is 34.9 Å². The molecular formula is C28H26ClN5O4S. The average Bonchev–Trinajstić information content (AvgIpc) is 2.91. The van der Waals surface area contributed by atoms with Gasteiger partial charge in [0.25, 0.3) is 15.9 Å². The Hall–Kier alpha value is -4.51. The van der Waals surface area contributed by atoms with E-state index in [-0.39, 0.29) is 41.1 Å². The van der Waals surface area contributed by atoms with E-state index in [0.717, 1.165) is 16.3 Å². The highest BCUT2D eigenvalue weighted by Gasteiger charge is 2.19. The zero-order valence-electron chi connectivity index (χ0n) is 20.5. The minimum Gasteiger partial charge on any atom is -0.412 e. The highest BCUT2D eigenvalue weighted by Crippen LogP contribution is 2.27. The lowest BCUT2D eigenvalue weighted by atomic mass is 10.0. The van der Waals surface area contributed by atoms with Crippen LogP contribution < -0.4 is 15.8 Å². The van der Waals surface area contributed by atoms with Crippen molar-refractivity contribution in [3.05, 3.63) is 114 Å². The number of sulfonamides is 1. The SMILES string of the molecule is Cl.N=C(N)c1ccc(CNC(=O)c2cccc3ccc(NS(=O)(=O)c4cccc5cccnc45)cc23)cc1.O. The molecule has 1 aromatic heterocycles. The Labute approximate surface area is 231 Å². The van der Waals surface area contributed by atoms with Gasteiger partial charge < -0.3 is 16.5 Å². The van der Waals surface area contributed by atoms with E-state index in [0.29, 0.717) is 27.7 Å². The summed E-state index contributed by atoms with van der Waals surface area (Å²) in [6.45, 7) is 0.286. The van der Waals surface area contributed by atoms with Crippen LogP contribution in [0.25, 0.3) is 21.7 Å². The summed E-state index contributed by atoms with van der Waals surface area (Å²) in [5.74, 6) is -0.311. The molecule has 0 spiro atoms. The Balaban J connectivity index is 0.00000210. The van der Waals surface area contributed by atoms with E-state index in [1.165, 1.54) is 6.07 Å². The quantitative estimate of drug-likeness (QED) is 0.173. The zero-order valence-corrected chi connectivity index (χ0v) is 22.1. The number of carbonyl (C=O) groups is 1. The number of pyridine rings is 1. The highest BCUT2D eigenvalue weighted by atomic mass is 35.5. The molecule has 5 rings (SSSR count). The molecule has 0 aliphatic heterocycles. The average molecular weight is 564 g/mol. The van der Waals surface area contributed by atoms with Gasteiger partial charge in [-0.1, -0.05) is 60.7 Å². The molecule has 0 fully saturated rings. The number of benzene rings is 4. The lowest BCUT2D eigenvalue weighted by Crippen LogP contribution is -2.23. The van der Waals surface area contributed by atoms with Crippen LogP contribution in [0.1, 0.15) is 21.5 Å². The molecule has 0 saturated carbocycles. The van der Waals surface area contributed by atoms with Crippen molar-refractivity contribution >= 4 is 61.5 Å². The maximum atomic E-state index is 13.2. The van der Waals surface area contributed by atoms with E-state index in [4.69, 9.17) is 11.1 Å². The number of fused-ring (bicyclic) bond motifs is 2. The van der Waals surface area contributed by atoms with Gasteiger partial charge in [0.15, 0.2) is 0 Å². The summed E-state index contributed by atoms with van der Waals surface area (Å²) >= 11 is 0. The molecule has 1 amide bonds. The standard InChI is InChI=1S/C28H23N5O3S.ClH.H2O/c29-27(30)21-11-9-18(10-12-21)17-32-28(34)23-7-1-4-19-13-14-22(16-24(19)23)33-37(35,36)25-8-2-5-20-6-3-15-31-26(20)25;;/h1-16,33H,17H2,(H3,29,30)(H,32,34);1H;1H2. The fourth-order valence-electron chi connectivity index (χ4n) is 4.12. The lowest BCUT2D eigenvalue weighted by Gasteiger charge is -2.12. The Morgan fingerprint density at radius 2 is 1.59 bits per heavy atom. The van der Waals surface area contributed by atoms with E-state index in [1.807, 2.05) is 6.07 Å². The van der Waals surface area contributed by atoms with Gasteiger partial charge in [-0.25, -0.2) is 8.42 Å². The van der Waals surface area contributed by atoms with Crippen molar-refractivity contribution in [2.45, 2.75) is 11.4 Å². The summed E-state index contributed by atoms with van der Waals surface area (Å²) in [5, 5.41) is 12.5. The van der Waals surface area contributed by atoms with Gasteiger partial charge in [-0.3, -0.25) is 19.9 Å². The van der Waals surface area contributed by atoms with Crippen LogP contribution in [0.4, 0.5) is 5.69 Å². The third-order valence-electron chi connectivity index (χ3n) is 5.98. The zero-order chi connectivity index (χ0) is 26.0. The molecule has 39 heavy (non-hydrogen) atoms. The normalized spacial score (nSPS) is 10.8. The summed E-state index contributed by atoms with van der Waals surface area (Å²) in [4.78, 5) is 17.4. The number of para-hydroxylation sites is 1. The van der Waals surface area contributed by atoms with Crippen LogP contribution in [-0.4, -0.2) is 30.6 Å². The number of amidine groups is 1. The second kappa shape index (κ2) is 11.9. The van der Waals surface area contributed by atoms with E-state index < -0.39 is 10.0 Å². The first kappa shape index (κ1) is 29.1. The number of carbonyl (C=O) groups excluding carboxylic acids is 1. The van der Waals surface area contributed by atoms with Crippen molar-refractivity contribution in [3.63, 3.8) is 0 Å². The molecule has 0 aliphatic rings. The molecule has 9 nitrogen and oxygen atoms in total. The van der Waals surface area contributed by atoms with Crippen molar-refractivity contribution in [1.29, 1.82) is 5.41 Å². The van der Waals surface area contributed by atoms with E-state index in [1.54, 1.807) is 85.1 Å². The molecule has 0 unspecified atom stereocenters. The van der Waals surface area contributed by atoms with Crippen molar-refractivity contribution in [3.8, 4) is 0 Å². The smallest absolute Gasteiger partial charge is 0.264 e. The fraction of sp³-hybridized carbons (Fsp3) is 0.0357. The third kappa shape index (κ3) is 6.15. The first-order valence-electron chi connectivity index (χ1n) is 11.4. The van der Waals surface area contributed by atoms with Crippen LogP contribution in [0.2, 0.25) is 0 Å². The number of rotatable bonds is 7. The molecule has 1 heterocycles. The number of hydrogen-bond acceptors (Lipinski definition) is 5. The second-order valence-electron chi connectivity index (χ2n) is 8.47. The van der Waals surface area contributed by atoms with Crippen LogP contribution in [0.15, 0.2) is 102 Å². The fourth-order valence-corrected chi connectivity index (χ4v) is 5.35. The van der Waals surface area contributed by atoms with Crippen LogP contribution in [-0.2, 0) is 16.6 Å². The monoisotopic (exact) mass is 563 g/mol. The Bertz CT molecular complexity index is 1770. The van der Waals surface area contributed by atoms with Crippen LogP contribution in [0.3, 0.4) is 0 Å². The molecule has 11 heteroatoms. The molecule has 0 radical (unpaired) electrons. The number of aromatic nitrogens is 1. The lowest BCUT2D eigenvalue weighted by molar-refractivity contribution is 0.0952. The van der Waals surface area contributed by atoms with Gasteiger partial charge in [-0.05, 0) is 46.7 Å². The van der Waals surface area contributed by atoms with Crippen molar-refractivity contribution in [2.75, 3.05) is 4.72 Å². The summed E-state index contributed by atoms with van der Waals surface area (Å²) in [6, 6.07) is 26.0. The maximum Gasteiger partial charge on any atom is 0.264 e. The number of anilines is 1. The van der Waals surface area contributed by atoms with Gasteiger partial charge in [-0.2, -0.15) is 0 Å². The number of nitrogen functional groups attached to an aromatic ring is 1. The minimum atomic E-state index is -3.93. The van der Waals surface area contributed by atoms with Gasteiger partial charge in [-0.15, -0.1) is 12.4 Å². The molecule has 0 saturated heterocycles. The predicted octanol–water partition coefficient (Wildman–Crippen LogP) is 4.00. The largest absolute Gasteiger partial charge is 0.412 e. The molecule has 0 bridgehead atoms. The summed E-state index contributed by atoms with van der Waals surface area (Å²) in [5.41, 5.74) is 8.10. The summed E-state index contributed by atoms with van der Waals surface area (Å²) < 4.78 is 29.1. The van der Waals surface area contributed by atoms with Crippen LogP contribution >= 0.6 is 12.4 Å². The van der Waals surface area contributed by atoms with E-state index in [2.05, 4.69) is 15.0 Å². The molecule has 0 atom stereocenters. The molecule has 5 aromatic rings. The van der Waals surface area contributed by atoms with Crippen LogP contribution in [0, 0.1) is 5.41 Å². The van der Waals surface area contributed by atoms with Gasteiger partial charge >= 0.3 is 0 Å². The van der Waals surface area contributed by atoms with Crippen LogP contribution in [0.5, 0.6) is 0 Å². The maximum absolute atomic E-state index is 13.2. The topological polar surface area (TPSA) is 170 Å². The van der Waals surface area contributed by atoms with Gasteiger partial charge in [0.2, 0.25) is 0 Å². The number of hydrogen-bond donors (Lipinski definition) is 4. The molecule has 4 aromatic carbocycles. The second-order valence-corrected chi connectivity index (χ2v) is 10.1. The number of nitrogens with two attached hydrogens (primary N) is 1. The van der Waals surface area contributed by atoms with Gasteiger partial charge in [0.05, 0.1) is 5.52 Å². The number of nitrogens with one attached hydrogen (secondary N) is 3. The predicted molar refractivity (Wildman–Crippen MR) is 156 cm³/mol. The molecular weight excluding hydrogens is 538 g/mol. The van der Waals surface area contributed by atoms with Crippen molar-refractivity contribution in [2.24, 2.45) is 5.73 Å². The number of amides is 1. The summed E-state index contributed by atoms with van der Waals surface area (Å²) in [6.07, 6.45) is 1.56. The Morgan fingerprint density at radius 3 is 2.33 bits per heavy atom. The Kier molecular flexibility index (Phi) is 8.87.